The van der Waals surface area contributed by atoms with Gasteiger partial charge in [0.05, 0.1) is 5.56 Å². The first-order chi connectivity index (χ1) is 15.7. The Balaban J connectivity index is 1.49. The first-order valence-electron chi connectivity index (χ1n) is 10.4. The van der Waals surface area contributed by atoms with E-state index in [0.717, 1.165) is 36.3 Å². The highest BCUT2D eigenvalue weighted by atomic mass is 16.5. The average Bonchev–Trinajstić information content (AvgIpc) is 3.48. The summed E-state index contributed by atoms with van der Waals surface area (Å²) in [5.74, 6) is 0.862. The van der Waals surface area contributed by atoms with Crippen LogP contribution in [0.25, 0.3) is 12.2 Å². The molecule has 4 rings (SSSR count). The van der Waals surface area contributed by atoms with Gasteiger partial charge in [0.15, 0.2) is 6.61 Å². The van der Waals surface area contributed by atoms with Crippen molar-refractivity contribution in [2.24, 2.45) is 5.92 Å². The smallest absolute Gasteiger partial charge is 0.434 e. The van der Waals surface area contributed by atoms with Crippen molar-refractivity contribution in [3.63, 3.8) is 0 Å². The molecule has 2 aromatic heterocycles. The zero-order valence-corrected chi connectivity index (χ0v) is 17.5. The van der Waals surface area contributed by atoms with E-state index in [2.05, 4.69) is 38.0 Å². The summed E-state index contributed by atoms with van der Waals surface area (Å²) in [5.41, 5.74) is 3.35. The van der Waals surface area contributed by atoms with Crippen molar-refractivity contribution in [3.05, 3.63) is 75.4 Å². The number of benzene rings is 1. The minimum absolute atomic E-state index is 0.0423. The molecule has 0 saturated carbocycles. The predicted octanol–water partition coefficient (Wildman–Crippen LogP) is 2.08. The van der Waals surface area contributed by atoms with E-state index in [0.29, 0.717) is 23.8 Å². The fraction of sp³-hybridized carbons (Fsp3) is 0.304. The van der Waals surface area contributed by atoms with Crippen molar-refractivity contribution in [2.75, 3.05) is 19.6 Å². The Bertz CT molecular complexity index is 1170. The molecule has 1 atom stereocenters. The van der Waals surface area contributed by atoms with E-state index in [4.69, 9.17) is 14.4 Å². The summed E-state index contributed by atoms with van der Waals surface area (Å²) in [6.45, 7) is 3.83. The number of rotatable bonds is 9. The third-order valence-electron chi connectivity index (χ3n) is 5.11. The number of nitriles is 1. The molecule has 0 spiro atoms. The summed E-state index contributed by atoms with van der Waals surface area (Å²) in [6, 6.07) is 9.81. The number of hydrogen-bond acceptors (Lipinski definition) is 8. The van der Waals surface area contributed by atoms with Crippen molar-refractivity contribution < 1.29 is 9.15 Å². The fourth-order valence-electron chi connectivity index (χ4n) is 3.55. The summed E-state index contributed by atoms with van der Waals surface area (Å²) in [7, 11) is 0. The summed E-state index contributed by atoms with van der Waals surface area (Å²) in [5, 5.41) is 22.0. The van der Waals surface area contributed by atoms with Crippen molar-refractivity contribution in [2.45, 2.75) is 19.6 Å². The Labute approximate surface area is 185 Å². The zero-order chi connectivity index (χ0) is 22.2. The molecule has 9 nitrogen and oxygen atoms in total. The zero-order valence-electron chi connectivity index (χ0n) is 17.5. The fourth-order valence-corrected chi connectivity index (χ4v) is 3.55. The highest BCUT2D eigenvalue weighted by molar-refractivity contribution is 5.70. The maximum atomic E-state index is 11.1. The Morgan fingerprint density at radius 3 is 2.94 bits per heavy atom. The van der Waals surface area contributed by atoms with E-state index < -0.39 is 5.76 Å². The summed E-state index contributed by atoms with van der Waals surface area (Å²) in [6.07, 6.45) is 8.28. The maximum absolute atomic E-state index is 11.1. The molecule has 3 N–H and O–H groups in total. The van der Waals surface area contributed by atoms with Crippen LogP contribution in [0.3, 0.4) is 0 Å². The molecule has 0 aliphatic carbocycles. The van der Waals surface area contributed by atoms with Gasteiger partial charge in [0.2, 0.25) is 0 Å². The normalized spacial score (nSPS) is 15.8. The number of aromatic nitrogens is 3. The van der Waals surface area contributed by atoms with Crippen LogP contribution in [0.4, 0.5) is 0 Å². The van der Waals surface area contributed by atoms with Gasteiger partial charge in [0.1, 0.15) is 11.8 Å². The number of hydrogen-bond donors (Lipinski definition) is 3. The Morgan fingerprint density at radius 2 is 2.16 bits per heavy atom. The Hall–Kier alpha value is -3.74. The molecule has 3 aromatic rings. The van der Waals surface area contributed by atoms with Crippen LogP contribution < -0.4 is 21.1 Å². The van der Waals surface area contributed by atoms with Crippen molar-refractivity contribution in [3.8, 4) is 11.8 Å². The van der Waals surface area contributed by atoms with Crippen LogP contribution in [-0.4, -0.2) is 34.8 Å². The molecule has 9 heteroatoms. The molecule has 0 radical (unpaired) electrons. The minimum atomic E-state index is -0.611. The summed E-state index contributed by atoms with van der Waals surface area (Å²) >= 11 is 0. The van der Waals surface area contributed by atoms with Crippen LogP contribution in [0.1, 0.15) is 34.6 Å². The van der Waals surface area contributed by atoms with Crippen LogP contribution in [0.15, 0.2) is 45.9 Å². The standard InChI is InChI=1S/C23H24N6O3/c24-9-20-6-17(10-26-14-20)2-1-16-5-19(13-27-12-18-3-4-25-11-18)8-21(7-16)31-15-22-28-29-23(30)32-22/h1-2,5-8,10,14,18,25,27H,3-4,11-13,15H2,(H,29,30)/b2-1+. The lowest BCUT2D eigenvalue weighted by Gasteiger charge is -2.12. The van der Waals surface area contributed by atoms with Gasteiger partial charge in [-0.2, -0.15) is 5.26 Å². The van der Waals surface area contributed by atoms with Crippen molar-refractivity contribution >= 4 is 12.2 Å². The highest BCUT2D eigenvalue weighted by Gasteiger charge is 2.13. The van der Waals surface area contributed by atoms with E-state index in [1.54, 1.807) is 12.3 Å². The van der Waals surface area contributed by atoms with E-state index in [1.165, 1.54) is 12.6 Å². The van der Waals surface area contributed by atoms with E-state index >= 15 is 0 Å². The van der Waals surface area contributed by atoms with Gasteiger partial charge in [-0.1, -0.05) is 18.2 Å². The number of aromatic amines is 1. The molecule has 32 heavy (non-hydrogen) atoms. The molecule has 0 amide bonds. The molecule has 164 valence electrons. The van der Waals surface area contributed by atoms with E-state index in [9.17, 15) is 4.79 Å². The topological polar surface area (TPSA) is 129 Å². The van der Waals surface area contributed by atoms with Gasteiger partial charge in [0.25, 0.3) is 5.89 Å². The molecule has 1 unspecified atom stereocenters. The second-order valence-electron chi connectivity index (χ2n) is 7.65. The quantitative estimate of drug-likeness (QED) is 0.469. The summed E-state index contributed by atoms with van der Waals surface area (Å²) in [4.78, 5) is 15.2. The number of ether oxygens (including phenoxy) is 1. The lowest BCUT2D eigenvalue weighted by Crippen LogP contribution is -2.24. The second kappa shape index (κ2) is 10.5. The average molecular weight is 432 g/mol. The molecule has 1 aromatic carbocycles. The Morgan fingerprint density at radius 1 is 1.25 bits per heavy atom. The number of nitrogens with one attached hydrogen (secondary N) is 3. The number of H-pyrrole nitrogens is 1. The number of nitrogens with zero attached hydrogens (tertiary/aromatic N) is 3. The SMILES string of the molecule is N#Cc1cncc(/C=C/c2cc(CNCC3CCNC3)cc(OCc3n[nH]c(=O)o3)c2)c1. The maximum Gasteiger partial charge on any atom is 0.434 e. The van der Waals surface area contributed by atoms with Crippen LogP contribution in [-0.2, 0) is 13.2 Å². The molecule has 1 aliphatic heterocycles. The highest BCUT2D eigenvalue weighted by Crippen LogP contribution is 2.21. The monoisotopic (exact) mass is 432 g/mol. The molecule has 1 saturated heterocycles. The molecule has 1 aliphatic rings. The van der Waals surface area contributed by atoms with Gasteiger partial charge >= 0.3 is 5.76 Å². The number of pyridine rings is 1. The van der Waals surface area contributed by atoms with Gasteiger partial charge in [0, 0.05) is 18.9 Å². The van der Waals surface area contributed by atoms with Crippen LogP contribution in [0, 0.1) is 17.2 Å². The predicted molar refractivity (Wildman–Crippen MR) is 118 cm³/mol. The van der Waals surface area contributed by atoms with Gasteiger partial charge in [-0.25, -0.2) is 9.89 Å². The minimum Gasteiger partial charge on any atom is -0.484 e. The van der Waals surface area contributed by atoms with Gasteiger partial charge in [-0.05, 0) is 66.9 Å². The lowest BCUT2D eigenvalue weighted by atomic mass is 10.1. The largest absolute Gasteiger partial charge is 0.484 e. The van der Waals surface area contributed by atoms with Gasteiger partial charge in [-0.15, -0.1) is 5.10 Å². The van der Waals surface area contributed by atoms with E-state index in [-0.39, 0.29) is 12.5 Å². The van der Waals surface area contributed by atoms with Crippen LogP contribution >= 0.6 is 0 Å². The molecule has 1 fully saturated rings. The Kier molecular flexibility index (Phi) is 7.07. The molecular formula is C23H24N6O3. The van der Waals surface area contributed by atoms with Crippen molar-refractivity contribution in [1.82, 2.24) is 25.8 Å². The molecule has 0 bridgehead atoms. The van der Waals surface area contributed by atoms with Crippen molar-refractivity contribution in [1.29, 1.82) is 5.26 Å². The lowest BCUT2D eigenvalue weighted by molar-refractivity contribution is 0.259. The second-order valence-corrected chi connectivity index (χ2v) is 7.65. The van der Waals surface area contributed by atoms with Crippen LogP contribution in [0.2, 0.25) is 0 Å². The first kappa shape index (κ1) is 21.5. The third kappa shape index (κ3) is 6.14. The molecule has 3 heterocycles. The first-order valence-corrected chi connectivity index (χ1v) is 10.4. The summed E-state index contributed by atoms with van der Waals surface area (Å²) < 4.78 is 10.7. The van der Waals surface area contributed by atoms with E-state index in [1.807, 2.05) is 24.3 Å². The molecular weight excluding hydrogens is 408 g/mol. The van der Waals surface area contributed by atoms with Gasteiger partial charge < -0.3 is 19.8 Å². The third-order valence-corrected chi connectivity index (χ3v) is 5.11. The van der Waals surface area contributed by atoms with Crippen LogP contribution in [0.5, 0.6) is 5.75 Å². The van der Waals surface area contributed by atoms with Gasteiger partial charge in [-0.3, -0.25) is 4.98 Å².